The molecule has 2 saturated carbocycles. The molecule has 5 nitrogen and oxygen atoms in total. The van der Waals surface area contributed by atoms with Crippen LogP contribution >= 0.6 is 0 Å². The maximum absolute atomic E-state index is 12.1. The molecule has 0 spiro atoms. The van der Waals surface area contributed by atoms with Crippen molar-refractivity contribution >= 4 is 17.7 Å². The Kier molecular flexibility index (Phi) is 2.95. The number of carboxylic acids is 1. The molecule has 2 rings (SSSR count). The van der Waals surface area contributed by atoms with E-state index in [9.17, 15) is 19.5 Å². The van der Waals surface area contributed by atoms with Gasteiger partial charge in [-0.05, 0) is 33.1 Å². The molecule has 0 aromatic heterocycles. The van der Waals surface area contributed by atoms with Crippen LogP contribution in [0.4, 0.5) is 0 Å². The van der Waals surface area contributed by atoms with E-state index >= 15 is 0 Å². The maximum atomic E-state index is 12.1. The summed E-state index contributed by atoms with van der Waals surface area (Å²) in [7, 11) is 0. The molecule has 1 N–H and O–H groups in total. The van der Waals surface area contributed by atoms with Gasteiger partial charge in [-0.2, -0.15) is 0 Å². The molecule has 0 heterocycles. The highest BCUT2D eigenvalue weighted by Crippen LogP contribution is 2.51. The van der Waals surface area contributed by atoms with Crippen LogP contribution in [-0.2, 0) is 19.1 Å². The molecular formula is C13H18O5. The van der Waals surface area contributed by atoms with Crippen molar-refractivity contribution < 1.29 is 24.2 Å². The molecule has 0 aromatic carbocycles. The van der Waals surface area contributed by atoms with Crippen molar-refractivity contribution in [2.75, 3.05) is 0 Å². The van der Waals surface area contributed by atoms with E-state index in [1.54, 1.807) is 20.8 Å². The lowest BCUT2D eigenvalue weighted by atomic mass is 9.78. The van der Waals surface area contributed by atoms with E-state index in [1.165, 1.54) is 0 Å². The largest absolute Gasteiger partial charge is 0.481 e. The lowest BCUT2D eigenvalue weighted by molar-refractivity contribution is -0.169. The molecule has 18 heavy (non-hydrogen) atoms. The van der Waals surface area contributed by atoms with Gasteiger partial charge in [0.05, 0.1) is 11.8 Å². The van der Waals surface area contributed by atoms with Gasteiger partial charge in [0.1, 0.15) is 11.4 Å². The van der Waals surface area contributed by atoms with Crippen LogP contribution in [0, 0.1) is 23.7 Å². The Bertz CT molecular complexity index is 406. The quantitative estimate of drug-likeness (QED) is 0.750. The number of ketones is 1. The number of Topliss-reactive ketones (excluding diaryl/α,β-unsaturated/α-hetero) is 1. The second-order valence-corrected chi connectivity index (χ2v) is 6.20. The summed E-state index contributed by atoms with van der Waals surface area (Å²) in [6.07, 6.45) is 0.831. The summed E-state index contributed by atoms with van der Waals surface area (Å²) in [5, 5.41) is 9.21. The van der Waals surface area contributed by atoms with Crippen LogP contribution in [0.5, 0.6) is 0 Å². The van der Waals surface area contributed by atoms with Gasteiger partial charge in [-0.3, -0.25) is 14.4 Å². The van der Waals surface area contributed by atoms with Crippen molar-refractivity contribution in [1.29, 1.82) is 0 Å². The van der Waals surface area contributed by atoms with Gasteiger partial charge in [-0.15, -0.1) is 0 Å². The highest BCUT2D eigenvalue weighted by atomic mass is 16.6. The average molecular weight is 254 g/mol. The first-order chi connectivity index (χ1) is 8.20. The third-order valence-corrected chi connectivity index (χ3v) is 3.73. The van der Waals surface area contributed by atoms with Crippen molar-refractivity contribution in [2.24, 2.45) is 23.7 Å². The number of hydrogen-bond donors (Lipinski definition) is 1. The summed E-state index contributed by atoms with van der Waals surface area (Å²) in [6, 6.07) is 0. The van der Waals surface area contributed by atoms with Crippen LogP contribution < -0.4 is 0 Å². The first-order valence-electron chi connectivity index (χ1n) is 6.19. The Hall–Kier alpha value is -1.39. The van der Waals surface area contributed by atoms with Crippen molar-refractivity contribution in [3.05, 3.63) is 0 Å². The Morgan fingerprint density at radius 3 is 2.39 bits per heavy atom. The molecule has 0 aliphatic heterocycles. The number of rotatable bonds is 2. The zero-order valence-corrected chi connectivity index (χ0v) is 10.8. The van der Waals surface area contributed by atoms with Gasteiger partial charge in [0.15, 0.2) is 0 Å². The van der Waals surface area contributed by atoms with Gasteiger partial charge in [0, 0.05) is 12.3 Å². The fourth-order valence-corrected chi connectivity index (χ4v) is 3.15. The van der Waals surface area contributed by atoms with E-state index in [-0.39, 0.29) is 11.7 Å². The molecule has 2 aliphatic carbocycles. The first kappa shape index (κ1) is 13.1. The Morgan fingerprint density at radius 1 is 1.28 bits per heavy atom. The van der Waals surface area contributed by atoms with Crippen molar-refractivity contribution in [1.82, 2.24) is 0 Å². The van der Waals surface area contributed by atoms with E-state index in [0.29, 0.717) is 12.8 Å². The third-order valence-electron chi connectivity index (χ3n) is 3.73. The molecule has 0 radical (unpaired) electrons. The standard InChI is InChI=1S/C13H18O5/c1-13(2,3)18-12(17)9-6-4-7(8(14)5-6)10(9)11(15)16/h6-7,9-10H,4-5H2,1-3H3,(H,15,16)/t6-,7+,9-,10-/m1/s1. The number of aliphatic carboxylic acids is 1. The summed E-state index contributed by atoms with van der Waals surface area (Å²) in [6.45, 7) is 5.25. The highest BCUT2D eigenvalue weighted by molar-refractivity contribution is 5.94. The SMILES string of the molecule is CC(C)(C)OC(=O)[C@@H]1[C@H]2CC(=O)[C@H](C2)[C@H]1C(=O)O. The summed E-state index contributed by atoms with van der Waals surface area (Å²) >= 11 is 0. The molecule has 0 aromatic rings. The highest BCUT2D eigenvalue weighted by Gasteiger charge is 2.58. The van der Waals surface area contributed by atoms with Crippen LogP contribution in [-0.4, -0.2) is 28.4 Å². The molecule has 5 heteroatoms. The first-order valence-corrected chi connectivity index (χ1v) is 6.19. The number of carboxylic acid groups (broad SMARTS) is 1. The second kappa shape index (κ2) is 4.07. The number of carbonyl (C=O) groups excluding carboxylic acids is 2. The van der Waals surface area contributed by atoms with E-state index in [0.717, 1.165) is 0 Å². The van der Waals surface area contributed by atoms with Gasteiger partial charge in [0.2, 0.25) is 0 Å². The topological polar surface area (TPSA) is 80.7 Å². The van der Waals surface area contributed by atoms with Crippen LogP contribution in [0.3, 0.4) is 0 Å². The number of fused-ring (bicyclic) bond motifs is 2. The van der Waals surface area contributed by atoms with Gasteiger partial charge >= 0.3 is 11.9 Å². The fourth-order valence-electron chi connectivity index (χ4n) is 3.15. The van der Waals surface area contributed by atoms with Gasteiger partial charge < -0.3 is 9.84 Å². The van der Waals surface area contributed by atoms with E-state index in [4.69, 9.17) is 4.74 Å². The van der Waals surface area contributed by atoms with Crippen LogP contribution in [0.2, 0.25) is 0 Å². The summed E-state index contributed by atoms with van der Waals surface area (Å²) in [5.41, 5.74) is -0.633. The molecule has 2 bridgehead atoms. The summed E-state index contributed by atoms with van der Waals surface area (Å²) in [4.78, 5) is 34.9. The third kappa shape index (κ3) is 2.13. The van der Waals surface area contributed by atoms with Crippen LogP contribution in [0.1, 0.15) is 33.6 Å². The van der Waals surface area contributed by atoms with Gasteiger partial charge in [-0.25, -0.2) is 0 Å². The summed E-state index contributed by atoms with van der Waals surface area (Å²) in [5.74, 6) is -3.77. The number of esters is 1. The Balaban J connectivity index is 2.20. The molecule has 0 amide bonds. The molecule has 2 aliphatic rings. The van der Waals surface area contributed by atoms with Crippen molar-refractivity contribution in [2.45, 2.75) is 39.2 Å². The number of ether oxygens (including phenoxy) is 1. The average Bonchev–Trinajstić information content (AvgIpc) is 2.69. The zero-order chi connectivity index (χ0) is 13.7. The molecule has 0 unspecified atom stereocenters. The maximum Gasteiger partial charge on any atom is 0.310 e. The van der Waals surface area contributed by atoms with E-state index in [1.807, 2.05) is 0 Å². The fraction of sp³-hybridized carbons (Fsp3) is 0.769. The number of hydrogen-bond acceptors (Lipinski definition) is 4. The molecular weight excluding hydrogens is 236 g/mol. The second-order valence-electron chi connectivity index (χ2n) is 6.20. The van der Waals surface area contributed by atoms with Crippen molar-refractivity contribution in [3.63, 3.8) is 0 Å². The van der Waals surface area contributed by atoms with E-state index < -0.39 is 35.3 Å². The lowest BCUT2D eigenvalue weighted by Crippen LogP contribution is -2.41. The predicted molar refractivity (Wildman–Crippen MR) is 61.7 cm³/mol. The van der Waals surface area contributed by atoms with Crippen molar-refractivity contribution in [3.8, 4) is 0 Å². The lowest BCUT2D eigenvalue weighted by Gasteiger charge is -2.29. The molecule has 100 valence electrons. The molecule has 0 saturated heterocycles. The van der Waals surface area contributed by atoms with Gasteiger partial charge in [-0.1, -0.05) is 0 Å². The Morgan fingerprint density at radius 2 is 1.89 bits per heavy atom. The number of carbonyl (C=O) groups is 3. The molecule has 2 fully saturated rings. The monoisotopic (exact) mass is 254 g/mol. The Labute approximate surface area is 105 Å². The van der Waals surface area contributed by atoms with Crippen LogP contribution in [0.15, 0.2) is 0 Å². The summed E-state index contributed by atoms with van der Waals surface area (Å²) < 4.78 is 5.28. The minimum Gasteiger partial charge on any atom is -0.481 e. The normalized spacial score (nSPS) is 34.7. The minimum absolute atomic E-state index is 0.0211. The van der Waals surface area contributed by atoms with Crippen LogP contribution in [0.25, 0.3) is 0 Å². The molecule has 4 atom stereocenters. The van der Waals surface area contributed by atoms with E-state index in [2.05, 4.69) is 0 Å². The van der Waals surface area contributed by atoms with Gasteiger partial charge in [0.25, 0.3) is 0 Å². The minimum atomic E-state index is -1.06. The predicted octanol–water partition coefficient (Wildman–Crippen LogP) is 1.25. The smallest absolute Gasteiger partial charge is 0.310 e. The zero-order valence-electron chi connectivity index (χ0n) is 10.8.